The number of hydrogen-bond donors (Lipinski definition) is 1. The van der Waals surface area contributed by atoms with Crippen LogP contribution in [0.2, 0.25) is 0 Å². The van der Waals surface area contributed by atoms with Gasteiger partial charge in [0, 0.05) is 35.3 Å². The van der Waals surface area contributed by atoms with Crippen molar-refractivity contribution in [1.82, 2.24) is 5.32 Å². The molecule has 0 aliphatic heterocycles. The van der Waals surface area contributed by atoms with Crippen LogP contribution in [0.15, 0.2) is 0 Å². The van der Waals surface area contributed by atoms with Crippen LogP contribution in [-0.2, 0) is 20.3 Å². The second kappa shape index (κ2) is 11.7. The van der Waals surface area contributed by atoms with Crippen molar-refractivity contribution < 1.29 is 13.7 Å². The maximum atomic E-state index is 11.1. The summed E-state index contributed by atoms with van der Waals surface area (Å²) in [5, 5.41) is 3.40. The van der Waals surface area contributed by atoms with Crippen LogP contribution >= 0.6 is 0 Å². The minimum atomic E-state index is -0.695. The molecule has 4 nitrogen and oxygen atoms in total. The Morgan fingerprint density at radius 2 is 2.06 bits per heavy atom. The van der Waals surface area contributed by atoms with E-state index in [1.165, 1.54) is 0 Å². The molecule has 0 heterocycles. The number of hydrogen-bond acceptors (Lipinski definition) is 4. The van der Waals surface area contributed by atoms with Crippen LogP contribution in [0.5, 0.6) is 0 Å². The average Bonchev–Trinajstić information content (AvgIpc) is 2.31. The molecule has 0 rings (SSSR count). The van der Waals surface area contributed by atoms with E-state index in [2.05, 4.69) is 12.2 Å². The fourth-order valence-electron chi connectivity index (χ4n) is 1.60. The van der Waals surface area contributed by atoms with Gasteiger partial charge < -0.3 is 10.1 Å². The molecule has 108 valence electrons. The predicted octanol–water partition coefficient (Wildman–Crippen LogP) is 1.86. The summed E-state index contributed by atoms with van der Waals surface area (Å²) in [6.45, 7) is 5.37. The van der Waals surface area contributed by atoms with E-state index >= 15 is 0 Å². The summed E-state index contributed by atoms with van der Waals surface area (Å²) >= 11 is 0. The Labute approximate surface area is 113 Å². The first-order valence-corrected chi connectivity index (χ1v) is 8.48. The lowest BCUT2D eigenvalue weighted by molar-refractivity contribution is -0.143. The van der Waals surface area contributed by atoms with Crippen LogP contribution in [0, 0.1) is 0 Å². The van der Waals surface area contributed by atoms with Gasteiger partial charge in [0.1, 0.15) is 0 Å². The number of unbranched alkanes of at least 4 members (excludes halogenated alkanes) is 2. The van der Waals surface area contributed by atoms with Gasteiger partial charge in [-0.1, -0.05) is 6.42 Å². The highest BCUT2D eigenvalue weighted by Crippen LogP contribution is 2.01. The van der Waals surface area contributed by atoms with Gasteiger partial charge >= 0.3 is 5.97 Å². The van der Waals surface area contributed by atoms with Crippen LogP contribution < -0.4 is 5.32 Å². The highest BCUT2D eigenvalue weighted by Gasteiger charge is 2.03. The van der Waals surface area contributed by atoms with Crippen molar-refractivity contribution in [2.75, 3.05) is 25.2 Å². The smallest absolute Gasteiger partial charge is 0.305 e. The van der Waals surface area contributed by atoms with Crippen molar-refractivity contribution in [3.63, 3.8) is 0 Å². The minimum absolute atomic E-state index is 0.0933. The average molecular weight is 277 g/mol. The van der Waals surface area contributed by atoms with Crippen LogP contribution in [0.4, 0.5) is 0 Å². The molecule has 2 unspecified atom stereocenters. The molecule has 18 heavy (non-hydrogen) atoms. The summed E-state index contributed by atoms with van der Waals surface area (Å²) in [6.07, 6.45) is 6.22. The quantitative estimate of drug-likeness (QED) is 0.462. The van der Waals surface area contributed by atoms with Crippen LogP contribution in [0.1, 0.15) is 46.0 Å². The molecule has 0 aromatic rings. The van der Waals surface area contributed by atoms with E-state index in [0.717, 1.165) is 38.0 Å². The molecule has 1 N–H and O–H groups in total. The van der Waals surface area contributed by atoms with E-state index in [9.17, 15) is 9.00 Å². The summed E-state index contributed by atoms with van der Waals surface area (Å²) in [5.74, 6) is 0.668. The van der Waals surface area contributed by atoms with E-state index < -0.39 is 10.8 Å². The lowest BCUT2D eigenvalue weighted by Crippen LogP contribution is -2.28. The molecule has 0 amide bonds. The largest absolute Gasteiger partial charge is 0.466 e. The molecule has 0 spiro atoms. The van der Waals surface area contributed by atoms with Crippen LogP contribution in [0.25, 0.3) is 0 Å². The molecular formula is C13H27NO3S. The van der Waals surface area contributed by atoms with Gasteiger partial charge in [-0.2, -0.15) is 0 Å². The first-order chi connectivity index (χ1) is 8.56. The number of carbonyl (C=O) groups is 1. The summed E-state index contributed by atoms with van der Waals surface area (Å²) in [6, 6.07) is 0.416. The Morgan fingerprint density at radius 1 is 1.33 bits per heavy atom. The minimum Gasteiger partial charge on any atom is -0.466 e. The summed E-state index contributed by atoms with van der Waals surface area (Å²) in [4.78, 5) is 11.1. The Balaban J connectivity index is 3.29. The Hall–Kier alpha value is -0.420. The molecule has 0 fully saturated rings. The third kappa shape index (κ3) is 12.0. The zero-order chi connectivity index (χ0) is 13.8. The van der Waals surface area contributed by atoms with E-state index in [1.54, 1.807) is 6.26 Å². The summed E-state index contributed by atoms with van der Waals surface area (Å²) in [5.41, 5.74) is 0. The SMILES string of the molecule is CCOC(=O)CCCCCNC(C)CCS(C)=O. The van der Waals surface area contributed by atoms with Crippen molar-refractivity contribution in [2.45, 2.75) is 52.0 Å². The third-order valence-corrected chi connectivity index (χ3v) is 3.50. The Bertz CT molecular complexity index is 246. The molecular weight excluding hydrogens is 250 g/mol. The van der Waals surface area contributed by atoms with Gasteiger partial charge in [0.25, 0.3) is 0 Å². The number of nitrogens with one attached hydrogen (secondary N) is 1. The molecule has 0 radical (unpaired) electrons. The van der Waals surface area contributed by atoms with E-state index in [4.69, 9.17) is 4.74 Å². The molecule has 0 aliphatic carbocycles. The molecule has 0 bridgehead atoms. The lowest BCUT2D eigenvalue weighted by atomic mass is 10.2. The highest BCUT2D eigenvalue weighted by molar-refractivity contribution is 7.84. The maximum absolute atomic E-state index is 11.1. The Kier molecular flexibility index (Phi) is 11.4. The van der Waals surface area contributed by atoms with Gasteiger partial charge in [-0.05, 0) is 39.7 Å². The van der Waals surface area contributed by atoms with Crippen molar-refractivity contribution in [1.29, 1.82) is 0 Å². The molecule has 5 heteroatoms. The number of carbonyl (C=O) groups excluding carboxylic acids is 1. The van der Waals surface area contributed by atoms with Crippen LogP contribution in [0.3, 0.4) is 0 Å². The standard InChI is InChI=1S/C13H27NO3S/c1-4-17-13(15)8-6-5-7-10-14-12(2)9-11-18(3)16/h12,14H,4-11H2,1-3H3. The van der Waals surface area contributed by atoms with Gasteiger partial charge in [0.05, 0.1) is 6.61 Å². The number of esters is 1. The fourth-order valence-corrected chi connectivity index (χ4v) is 2.28. The van der Waals surface area contributed by atoms with Gasteiger partial charge in [-0.15, -0.1) is 0 Å². The molecule has 2 atom stereocenters. The van der Waals surface area contributed by atoms with Crippen molar-refractivity contribution >= 4 is 16.8 Å². The summed E-state index contributed by atoms with van der Waals surface area (Å²) < 4.78 is 15.8. The Morgan fingerprint density at radius 3 is 2.67 bits per heavy atom. The molecule has 0 aliphatic rings. The molecule has 0 aromatic carbocycles. The molecule has 0 saturated carbocycles. The van der Waals surface area contributed by atoms with Crippen molar-refractivity contribution in [3.8, 4) is 0 Å². The number of ether oxygens (including phenoxy) is 1. The highest BCUT2D eigenvalue weighted by atomic mass is 32.2. The predicted molar refractivity (Wildman–Crippen MR) is 76.1 cm³/mol. The summed E-state index contributed by atoms with van der Waals surface area (Å²) in [7, 11) is -0.695. The van der Waals surface area contributed by atoms with Crippen molar-refractivity contribution in [2.24, 2.45) is 0 Å². The maximum Gasteiger partial charge on any atom is 0.305 e. The van der Waals surface area contributed by atoms with E-state index in [-0.39, 0.29) is 5.97 Å². The topological polar surface area (TPSA) is 55.4 Å². The van der Waals surface area contributed by atoms with Gasteiger partial charge in [-0.3, -0.25) is 9.00 Å². The van der Waals surface area contributed by atoms with Gasteiger partial charge in [0.2, 0.25) is 0 Å². The van der Waals surface area contributed by atoms with Gasteiger partial charge in [0.15, 0.2) is 0 Å². The van der Waals surface area contributed by atoms with Crippen LogP contribution in [-0.4, -0.2) is 41.4 Å². The fraction of sp³-hybridized carbons (Fsp3) is 0.923. The molecule has 0 aromatic heterocycles. The second-order valence-electron chi connectivity index (χ2n) is 4.54. The first-order valence-electron chi connectivity index (χ1n) is 6.75. The normalized spacial score (nSPS) is 14.2. The van der Waals surface area contributed by atoms with E-state index in [1.807, 2.05) is 6.92 Å². The van der Waals surface area contributed by atoms with Crippen molar-refractivity contribution in [3.05, 3.63) is 0 Å². The zero-order valence-corrected chi connectivity index (χ0v) is 12.7. The van der Waals surface area contributed by atoms with Gasteiger partial charge in [-0.25, -0.2) is 0 Å². The zero-order valence-electron chi connectivity index (χ0n) is 11.9. The first kappa shape index (κ1) is 17.6. The lowest BCUT2D eigenvalue weighted by Gasteiger charge is -2.12. The molecule has 0 saturated heterocycles. The number of rotatable bonds is 11. The van der Waals surface area contributed by atoms with E-state index in [0.29, 0.717) is 19.1 Å². The monoisotopic (exact) mass is 277 g/mol. The second-order valence-corrected chi connectivity index (χ2v) is 6.09. The third-order valence-electron chi connectivity index (χ3n) is 2.69.